The Hall–Kier alpha value is -0.650. The second kappa shape index (κ2) is 7.22. The minimum Gasteiger partial charge on any atom is -0.368 e. The fraction of sp³-hybridized carbons (Fsp3) is 0.714. The Labute approximate surface area is 119 Å². The largest absolute Gasteiger partial charge is 0.368 e. The van der Waals surface area contributed by atoms with Crippen LogP contribution in [-0.4, -0.2) is 34.6 Å². The molecule has 5 heteroatoms. The molecule has 1 saturated heterocycles. The molecule has 2 rings (SSSR count). The minimum atomic E-state index is 0.0567. The van der Waals surface area contributed by atoms with Crippen LogP contribution in [0.5, 0.6) is 0 Å². The highest BCUT2D eigenvalue weighted by Gasteiger charge is 2.22. The highest BCUT2D eigenvalue weighted by molar-refractivity contribution is 7.99. The van der Waals surface area contributed by atoms with Crippen molar-refractivity contribution in [3.8, 4) is 0 Å². The summed E-state index contributed by atoms with van der Waals surface area (Å²) in [5.41, 5.74) is 9.24. The van der Waals surface area contributed by atoms with E-state index in [2.05, 4.69) is 13.8 Å². The molecule has 0 aromatic carbocycles. The van der Waals surface area contributed by atoms with Gasteiger partial charge in [0.05, 0.1) is 6.61 Å². The highest BCUT2D eigenvalue weighted by Crippen LogP contribution is 2.26. The molecule has 0 amide bonds. The van der Waals surface area contributed by atoms with Gasteiger partial charge in [0.1, 0.15) is 6.10 Å². The Bertz CT molecular complexity index is 394. The van der Waals surface area contributed by atoms with Gasteiger partial charge in [-0.2, -0.15) is 11.8 Å². The van der Waals surface area contributed by atoms with E-state index in [1.165, 1.54) is 5.56 Å². The first-order valence-corrected chi connectivity index (χ1v) is 8.23. The molecule has 1 aromatic heterocycles. The number of hydrogen-bond donors (Lipinski definition) is 1. The summed E-state index contributed by atoms with van der Waals surface area (Å²) in [6.45, 7) is 5.73. The molecule has 106 valence electrons. The summed E-state index contributed by atoms with van der Waals surface area (Å²) < 4.78 is 5.79. The molecule has 1 aromatic rings. The van der Waals surface area contributed by atoms with Crippen LogP contribution in [0.1, 0.15) is 42.7 Å². The van der Waals surface area contributed by atoms with Gasteiger partial charge in [-0.15, -0.1) is 0 Å². The van der Waals surface area contributed by atoms with E-state index >= 15 is 0 Å². The van der Waals surface area contributed by atoms with Crippen LogP contribution >= 0.6 is 11.8 Å². The van der Waals surface area contributed by atoms with Gasteiger partial charge >= 0.3 is 0 Å². The summed E-state index contributed by atoms with van der Waals surface area (Å²) in [5, 5.41) is 0. The van der Waals surface area contributed by atoms with Gasteiger partial charge < -0.3 is 10.5 Å². The maximum atomic E-state index is 5.79. The van der Waals surface area contributed by atoms with Gasteiger partial charge in [0.25, 0.3) is 0 Å². The van der Waals surface area contributed by atoms with Crippen molar-refractivity contribution < 1.29 is 4.74 Å². The van der Waals surface area contributed by atoms with Crippen LogP contribution in [0, 0.1) is 0 Å². The highest BCUT2D eigenvalue weighted by atomic mass is 32.2. The van der Waals surface area contributed by atoms with Gasteiger partial charge in [0.15, 0.2) is 5.82 Å². The van der Waals surface area contributed by atoms with E-state index in [-0.39, 0.29) is 6.10 Å². The van der Waals surface area contributed by atoms with Gasteiger partial charge in [-0.25, -0.2) is 9.97 Å². The number of rotatable bonds is 5. The molecule has 1 atom stereocenters. The minimum absolute atomic E-state index is 0.0567. The molecule has 19 heavy (non-hydrogen) atoms. The third-order valence-electron chi connectivity index (χ3n) is 3.36. The molecule has 0 saturated carbocycles. The Balaban J connectivity index is 2.34. The molecule has 0 radical (unpaired) electrons. The van der Waals surface area contributed by atoms with Crippen LogP contribution in [0.25, 0.3) is 0 Å². The van der Waals surface area contributed by atoms with E-state index in [0.29, 0.717) is 6.54 Å². The van der Waals surface area contributed by atoms with E-state index < -0.39 is 0 Å². The smallest absolute Gasteiger partial charge is 0.158 e. The van der Waals surface area contributed by atoms with Crippen molar-refractivity contribution in [1.29, 1.82) is 0 Å². The van der Waals surface area contributed by atoms with Crippen molar-refractivity contribution in [1.82, 2.24) is 9.97 Å². The normalized spacial score (nSPS) is 19.6. The lowest BCUT2D eigenvalue weighted by atomic mass is 10.0. The van der Waals surface area contributed by atoms with Gasteiger partial charge in [0.2, 0.25) is 0 Å². The first-order chi connectivity index (χ1) is 9.30. The lowest BCUT2D eigenvalue weighted by Crippen LogP contribution is -2.21. The number of thioether (sulfide) groups is 1. The quantitative estimate of drug-likeness (QED) is 0.893. The van der Waals surface area contributed by atoms with Crippen LogP contribution in [0.2, 0.25) is 0 Å². The standard InChI is InChI=1S/C14H23N3OS/c1-3-11-10(5-6-15)12(4-2)17-14(16-11)13-9-19-8-7-18-13/h13H,3-9,15H2,1-2H3. The molecule has 2 heterocycles. The molecule has 1 aliphatic rings. The van der Waals surface area contributed by atoms with E-state index in [4.69, 9.17) is 20.4 Å². The maximum absolute atomic E-state index is 5.79. The Morgan fingerprint density at radius 3 is 2.42 bits per heavy atom. The summed E-state index contributed by atoms with van der Waals surface area (Å²) >= 11 is 1.91. The molecule has 0 aliphatic carbocycles. The van der Waals surface area contributed by atoms with Gasteiger partial charge in [-0.3, -0.25) is 0 Å². The SMILES string of the molecule is CCc1nc(C2CSCCO2)nc(CC)c1CCN. The number of hydrogen-bond acceptors (Lipinski definition) is 5. The zero-order valence-corrected chi connectivity index (χ0v) is 12.6. The lowest BCUT2D eigenvalue weighted by molar-refractivity contribution is 0.0690. The lowest BCUT2D eigenvalue weighted by Gasteiger charge is -2.23. The molecule has 1 fully saturated rings. The molecule has 2 N–H and O–H groups in total. The average Bonchev–Trinajstić information content (AvgIpc) is 2.48. The topological polar surface area (TPSA) is 61.0 Å². The third kappa shape index (κ3) is 3.46. The summed E-state index contributed by atoms with van der Waals surface area (Å²) in [6, 6.07) is 0. The van der Waals surface area contributed by atoms with Gasteiger partial charge in [-0.05, 0) is 31.4 Å². The predicted octanol–water partition coefficient (Wildman–Crippen LogP) is 1.91. The second-order valence-electron chi connectivity index (χ2n) is 4.63. The van der Waals surface area contributed by atoms with E-state index in [1.54, 1.807) is 0 Å². The number of ether oxygens (including phenoxy) is 1. The van der Waals surface area contributed by atoms with Crippen LogP contribution in [-0.2, 0) is 24.0 Å². The molecule has 0 bridgehead atoms. The Kier molecular flexibility index (Phi) is 5.60. The van der Waals surface area contributed by atoms with Crippen LogP contribution in [0.4, 0.5) is 0 Å². The first-order valence-electron chi connectivity index (χ1n) is 7.08. The van der Waals surface area contributed by atoms with Crippen molar-refractivity contribution in [3.05, 3.63) is 22.8 Å². The van der Waals surface area contributed by atoms with Crippen LogP contribution in [0.15, 0.2) is 0 Å². The van der Waals surface area contributed by atoms with Gasteiger partial charge in [-0.1, -0.05) is 13.8 Å². The summed E-state index contributed by atoms with van der Waals surface area (Å²) in [7, 11) is 0. The van der Waals surface area contributed by atoms with Crippen molar-refractivity contribution >= 4 is 11.8 Å². The molecule has 4 nitrogen and oxygen atoms in total. The van der Waals surface area contributed by atoms with E-state index in [1.807, 2.05) is 11.8 Å². The first kappa shape index (κ1) is 14.8. The Morgan fingerprint density at radius 2 is 1.95 bits per heavy atom. The van der Waals surface area contributed by atoms with Crippen LogP contribution in [0.3, 0.4) is 0 Å². The molecular weight excluding hydrogens is 258 g/mol. The number of nitrogens with two attached hydrogens (primary N) is 1. The summed E-state index contributed by atoms with van der Waals surface area (Å²) in [5.74, 6) is 2.90. The molecule has 0 spiro atoms. The number of aryl methyl sites for hydroxylation is 2. The van der Waals surface area contributed by atoms with Crippen LogP contribution < -0.4 is 5.73 Å². The summed E-state index contributed by atoms with van der Waals surface area (Å²) in [4.78, 5) is 9.47. The average molecular weight is 281 g/mol. The van der Waals surface area contributed by atoms with E-state index in [0.717, 1.165) is 54.6 Å². The van der Waals surface area contributed by atoms with E-state index in [9.17, 15) is 0 Å². The predicted molar refractivity (Wildman–Crippen MR) is 79.6 cm³/mol. The summed E-state index contributed by atoms with van der Waals surface area (Å²) in [6.07, 6.45) is 2.78. The number of aromatic nitrogens is 2. The zero-order valence-electron chi connectivity index (χ0n) is 11.8. The molecule has 1 aliphatic heterocycles. The fourth-order valence-corrected chi connectivity index (χ4v) is 3.24. The molecular formula is C14H23N3OS. The van der Waals surface area contributed by atoms with Crippen molar-refractivity contribution in [3.63, 3.8) is 0 Å². The van der Waals surface area contributed by atoms with Crippen molar-refractivity contribution in [2.75, 3.05) is 24.7 Å². The zero-order chi connectivity index (χ0) is 13.7. The number of nitrogens with zero attached hydrogens (tertiary/aromatic N) is 2. The maximum Gasteiger partial charge on any atom is 0.158 e. The van der Waals surface area contributed by atoms with Crippen molar-refractivity contribution in [2.45, 2.75) is 39.2 Å². The second-order valence-corrected chi connectivity index (χ2v) is 5.78. The third-order valence-corrected chi connectivity index (χ3v) is 4.36. The van der Waals surface area contributed by atoms with Gasteiger partial charge in [0, 0.05) is 22.9 Å². The molecule has 1 unspecified atom stereocenters. The Morgan fingerprint density at radius 1 is 1.26 bits per heavy atom. The fourth-order valence-electron chi connectivity index (χ4n) is 2.40. The van der Waals surface area contributed by atoms with Crippen molar-refractivity contribution in [2.24, 2.45) is 5.73 Å². The monoisotopic (exact) mass is 281 g/mol.